The van der Waals surface area contributed by atoms with Gasteiger partial charge in [0.25, 0.3) is 0 Å². The largest absolute Gasteiger partial charge is 0.454 e. The van der Waals surface area contributed by atoms with Gasteiger partial charge in [-0.1, -0.05) is 32.4 Å². The van der Waals surface area contributed by atoms with Crippen molar-refractivity contribution in [3.63, 3.8) is 0 Å². The molecular weight excluding hydrogens is 294 g/mol. The number of hydrogen-bond donors (Lipinski definition) is 0. The minimum atomic E-state index is -0.364. The van der Waals surface area contributed by atoms with Crippen LogP contribution in [-0.2, 0) is 5.41 Å². The maximum absolute atomic E-state index is 14.2. The Hall–Kier alpha value is -1.11. The van der Waals surface area contributed by atoms with Crippen LogP contribution in [-0.4, -0.2) is 0 Å². The second-order valence-electron chi connectivity index (χ2n) is 5.68. The molecule has 20 heavy (non-hydrogen) atoms. The lowest BCUT2D eigenvalue weighted by Crippen LogP contribution is -2.15. The highest BCUT2D eigenvalue weighted by Crippen LogP contribution is 2.30. The Labute approximate surface area is 126 Å². The highest BCUT2D eigenvalue weighted by molar-refractivity contribution is 7.27. The summed E-state index contributed by atoms with van der Waals surface area (Å²) in [6, 6.07) is 10.3. The molecule has 0 radical (unpaired) electrons. The molecule has 1 nitrogen and oxygen atoms in total. The van der Waals surface area contributed by atoms with Crippen molar-refractivity contribution in [1.82, 2.24) is 0 Å². The summed E-state index contributed by atoms with van der Waals surface area (Å²) in [7, 11) is 2.53. The Morgan fingerprint density at radius 2 is 1.70 bits per heavy atom. The lowest BCUT2D eigenvalue weighted by atomic mass is 9.87. The van der Waals surface area contributed by atoms with Crippen LogP contribution in [0.25, 0.3) is 0 Å². The van der Waals surface area contributed by atoms with E-state index in [1.165, 1.54) is 6.07 Å². The standard InChI is InChI=1S/C16H17ClFOP/c1-16(2,3)10-8-13(18)15(14(20)9-10)19-12-6-4-11(17)5-7-12/h4-9H,20H2,1-3H3. The van der Waals surface area contributed by atoms with Crippen molar-refractivity contribution in [3.05, 3.63) is 52.8 Å². The van der Waals surface area contributed by atoms with Crippen molar-refractivity contribution < 1.29 is 9.13 Å². The van der Waals surface area contributed by atoms with Crippen LogP contribution in [0.1, 0.15) is 26.3 Å². The molecule has 0 heterocycles. The molecule has 0 aliphatic carbocycles. The molecule has 0 saturated heterocycles. The molecule has 1 atom stereocenters. The lowest BCUT2D eigenvalue weighted by Gasteiger charge is -2.21. The summed E-state index contributed by atoms with van der Waals surface area (Å²) in [6.45, 7) is 6.14. The van der Waals surface area contributed by atoms with Gasteiger partial charge in [0.2, 0.25) is 0 Å². The summed E-state index contributed by atoms with van der Waals surface area (Å²) in [6.07, 6.45) is 0. The van der Waals surface area contributed by atoms with Crippen LogP contribution in [0.2, 0.25) is 5.02 Å². The minimum Gasteiger partial charge on any atom is -0.454 e. The molecule has 0 aromatic heterocycles. The maximum Gasteiger partial charge on any atom is 0.170 e. The second-order valence-corrected chi connectivity index (χ2v) is 6.74. The predicted octanol–water partition coefficient (Wildman–Crippen LogP) is 5.07. The first kappa shape index (κ1) is 15.3. The fourth-order valence-electron chi connectivity index (χ4n) is 1.78. The molecule has 106 valence electrons. The van der Waals surface area contributed by atoms with E-state index in [2.05, 4.69) is 9.24 Å². The van der Waals surface area contributed by atoms with E-state index in [4.69, 9.17) is 16.3 Å². The summed E-state index contributed by atoms with van der Waals surface area (Å²) >= 11 is 5.81. The van der Waals surface area contributed by atoms with Crippen molar-refractivity contribution in [3.8, 4) is 11.5 Å². The third-order valence-corrected chi connectivity index (χ3v) is 3.65. The van der Waals surface area contributed by atoms with E-state index in [1.54, 1.807) is 24.3 Å². The quantitative estimate of drug-likeness (QED) is 0.704. The van der Waals surface area contributed by atoms with Gasteiger partial charge in [-0.25, -0.2) is 4.39 Å². The molecule has 2 aromatic rings. The van der Waals surface area contributed by atoms with Gasteiger partial charge in [-0.15, -0.1) is 9.24 Å². The maximum atomic E-state index is 14.2. The molecule has 0 aliphatic rings. The van der Waals surface area contributed by atoms with E-state index >= 15 is 0 Å². The average molecular weight is 311 g/mol. The molecule has 0 saturated carbocycles. The molecule has 0 amide bonds. The zero-order chi connectivity index (χ0) is 14.9. The van der Waals surface area contributed by atoms with Crippen LogP contribution < -0.4 is 10.0 Å². The van der Waals surface area contributed by atoms with Gasteiger partial charge in [-0.05, 0) is 47.4 Å². The first-order valence-corrected chi connectivity index (χ1v) is 7.26. The van der Waals surface area contributed by atoms with Crippen molar-refractivity contribution in [2.45, 2.75) is 26.2 Å². The zero-order valence-electron chi connectivity index (χ0n) is 11.7. The van der Waals surface area contributed by atoms with Gasteiger partial charge in [0, 0.05) is 10.3 Å². The number of benzene rings is 2. The monoisotopic (exact) mass is 310 g/mol. The topological polar surface area (TPSA) is 9.23 Å². The van der Waals surface area contributed by atoms with Crippen LogP contribution >= 0.6 is 20.8 Å². The van der Waals surface area contributed by atoms with Gasteiger partial charge in [-0.3, -0.25) is 0 Å². The van der Waals surface area contributed by atoms with Crippen molar-refractivity contribution >= 4 is 26.1 Å². The summed E-state index contributed by atoms with van der Waals surface area (Å²) in [5.41, 5.74) is 0.828. The Morgan fingerprint density at radius 3 is 2.20 bits per heavy atom. The second kappa shape index (κ2) is 5.71. The number of halogens is 2. The van der Waals surface area contributed by atoms with Crippen molar-refractivity contribution in [2.24, 2.45) is 0 Å². The van der Waals surface area contributed by atoms with Crippen molar-refractivity contribution in [2.75, 3.05) is 0 Å². The van der Waals surface area contributed by atoms with Gasteiger partial charge in [0.15, 0.2) is 11.6 Å². The molecule has 2 aromatic carbocycles. The van der Waals surface area contributed by atoms with Crippen LogP contribution in [0.4, 0.5) is 4.39 Å². The number of ether oxygens (including phenoxy) is 1. The van der Waals surface area contributed by atoms with E-state index in [0.717, 1.165) is 5.56 Å². The minimum absolute atomic E-state index is 0.106. The molecule has 1 unspecified atom stereocenters. The van der Waals surface area contributed by atoms with E-state index < -0.39 is 0 Å². The molecule has 0 spiro atoms. The SMILES string of the molecule is CC(C)(C)c1cc(F)c(Oc2ccc(Cl)cc2)c(P)c1. The van der Waals surface area contributed by atoms with Gasteiger partial charge in [0.1, 0.15) is 5.75 Å². The summed E-state index contributed by atoms with van der Waals surface area (Å²) in [5.74, 6) is 0.420. The summed E-state index contributed by atoms with van der Waals surface area (Å²) in [4.78, 5) is 0. The molecule has 0 aliphatic heterocycles. The first-order valence-electron chi connectivity index (χ1n) is 6.30. The highest BCUT2D eigenvalue weighted by Gasteiger charge is 2.18. The molecular formula is C16H17ClFOP. The third-order valence-electron chi connectivity index (χ3n) is 2.97. The molecule has 0 bridgehead atoms. The Bertz CT molecular complexity index is 594. The number of rotatable bonds is 2. The third kappa shape index (κ3) is 3.50. The van der Waals surface area contributed by atoms with Crippen LogP contribution in [0.5, 0.6) is 11.5 Å². The Morgan fingerprint density at radius 1 is 1.10 bits per heavy atom. The van der Waals surface area contributed by atoms with Gasteiger partial charge < -0.3 is 4.74 Å². The molecule has 0 N–H and O–H groups in total. The van der Waals surface area contributed by atoms with E-state index in [1.807, 2.05) is 26.8 Å². The van der Waals surface area contributed by atoms with Crippen LogP contribution in [0.15, 0.2) is 36.4 Å². The average Bonchev–Trinajstić information content (AvgIpc) is 2.34. The first-order chi connectivity index (χ1) is 9.27. The van der Waals surface area contributed by atoms with Crippen molar-refractivity contribution in [1.29, 1.82) is 0 Å². The summed E-state index contributed by atoms with van der Waals surface area (Å²) in [5, 5.41) is 1.32. The fourth-order valence-corrected chi connectivity index (χ4v) is 2.28. The van der Waals surface area contributed by atoms with Gasteiger partial charge in [0.05, 0.1) is 0 Å². The lowest BCUT2D eigenvalue weighted by molar-refractivity contribution is 0.444. The number of hydrogen-bond acceptors (Lipinski definition) is 1. The van der Waals surface area contributed by atoms with Gasteiger partial charge >= 0.3 is 0 Å². The normalized spacial score (nSPS) is 11.5. The fraction of sp³-hybridized carbons (Fsp3) is 0.250. The van der Waals surface area contributed by atoms with Crippen LogP contribution in [0.3, 0.4) is 0 Å². The van der Waals surface area contributed by atoms with Gasteiger partial charge in [-0.2, -0.15) is 0 Å². The smallest absolute Gasteiger partial charge is 0.170 e. The van der Waals surface area contributed by atoms with E-state index in [0.29, 0.717) is 16.1 Å². The summed E-state index contributed by atoms with van der Waals surface area (Å²) < 4.78 is 19.8. The van der Waals surface area contributed by atoms with E-state index in [-0.39, 0.29) is 17.0 Å². The predicted molar refractivity (Wildman–Crippen MR) is 86.0 cm³/mol. The zero-order valence-corrected chi connectivity index (χ0v) is 13.6. The Balaban J connectivity index is 2.36. The molecule has 2 rings (SSSR count). The molecule has 4 heteroatoms. The highest BCUT2D eigenvalue weighted by atomic mass is 35.5. The molecule has 0 fully saturated rings. The van der Waals surface area contributed by atoms with E-state index in [9.17, 15) is 4.39 Å². The Kier molecular flexibility index (Phi) is 4.36. The van der Waals surface area contributed by atoms with Crippen LogP contribution in [0, 0.1) is 5.82 Å².